The van der Waals surface area contributed by atoms with Gasteiger partial charge in [0.15, 0.2) is 0 Å². The number of benzene rings is 2. The third kappa shape index (κ3) is 5.80. The van der Waals surface area contributed by atoms with Gasteiger partial charge in [-0.05, 0) is 116 Å². The molecule has 0 unspecified atom stereocenters. The molecule has 3 saturated carbocycles. The second-order valence-corrected chi connectivity index (χ2v) is 16.4. The standard InChI is InChI=1S/C34H46O6S2/c1-22(2)29-21-32(41(35,36)37)27-17-9-10-18-28(27)33(29)40-42(38,39)34-30(24-13-5-6-14-24)19-26(23-11-3-4-12-23)20-31(34)25-15-7-8-16-25/h19-25H,3-18H2,1-2H3,(H,35,36,37)/p-1. The van der Waals surface area contributed by atoms with Gasteiger partial charge >= 0.3 is 10.1 Å². The molecule has 6 nitrogen and oxygen atoms in total. The first kappa shape index (κ1) is 30.1. The summed E-state index contributed by atoms with van der Waals surface area (Å²) in [6.07, 6.45) is 15.6. The van der Waals surface area contributed by atoms with Crippen LogP contribution in [0.4, 0.5) is 0 Å². The highest BCUT2D eigenvalue weighted by atomic mass is 32.2. The minimum Gasteiger partial charge on any atom is -0.744 e. The average molecular weight is 614 g/mol. The number of rotatable bonds is 8. The normalized spacial score (nSPS) is 21.0. The first-order valence-electron chi connectivity index (χ1n) is 16.3. The minimum absolute atomic E-state index is 0.200. The van der Waals surface area contributed by atoms with Gasteiger partial charge in [0.1, 0.15) is 20.8 Å². The molecule has 2 aromatic rings. The lowest BCUT2D eigenvalue weighted by molar-refractivity contribution is 0.457. The van der Waals surface area contributed by atoms with Crippen molar-refractivity contribution in [1.82, 2.24) is 0 Å². The quantitative estimate of drug-likeness (QED) is 0.219. The molecule has 2 aromatic carbocycles. The van der Waals surface area contributed by atoms with Gasteiger partial charge in [-0.2, -0.15) is 8.42 Å². The van der Waals surface area contributed by atoms with Crippen LogP contribution in [0.2, 0.25) is 0 Å². The zero-order valence-corrected chi connectivity index (χ0v) is 26.8. The van der Waals surface area contributed by atoms with E-state index in [0.29, 0.717) is 40.3 Å². The Labute approximate surface area is 252 Å². The predicted octanol–water partition coefficient (Wildman–Crippen LogP) is 8.33. The van der Waals surface area contributed by atoms with E-state index in [-0.39, 0.29) is 28.4 Å². The van der Waals surface area contributed by atoms with Crippen LogP contribution in [0.3, 0.4) is 0 Å². The lowest BCUT2D eigenvalue weighted by Gasteiger charge is -2.29. The van der Waals surface area contributed by atoms with E-state index in [4.69, 9.17) is 4.18 Å². The maximum absolute atomic E-state index is 14.7. The Morgan fingerprint density at radius 2 is 1.17 bits per heavy atom. The summed E-state index contributed by atoms with van der Waals surface area (Å²) in [7, 11) is -8.97. The highest BCUT2D eigenvalue weighted by Crippen LogP contribution is 2.48. The first-order valence-corrected chi connectivity index (χ1v) is 19.1. The van der Waals surface area contributed by atoms with E-state index < -0.39 is 20.2 Å². The van der Waals surface area contributed by atoms with E-state index in [1.165, 1.54) is 24.5 Å². The molecule has 6 rings (SSSR count). The molecule has 0 spiro atoms. The van der Waals surface area contributed by atoms with E-state index in [2.05, 4.69) is 12.1 Å². The molecule has 0 radical (unpaired) electrons. The van der Waals surface area contributed by atoms with Gasteiger partial charge in [0.2, 0.25) is 0 Å². The summed E-state index contributed by atoms with van der Waals surface area (Å²) in [6, 6.07) is 5.82. The third-order valence-corrected chi connectivity index (χ3v) is 12.8. The SMILES string of the molecule is CC(C)c1cc(S(=O)(=O)[O-])c2c(c1OS(=O)(=O)c1c(C3CCCC3)cc(C3CCCC3)cc1C1CCCC1)CCCC2. The third-order valence-electron chi connectivity index (χ3n) is 10.5. The van der Waals surface area contributed by atoms with E-state index in [9.17, 15) is 21.4 Å². The van der Waals surface area contributed by atoms with Crippen molar-refractivity contribution < 1.29 is 25.6 Å². The smallest absolute Gasteiger partial charge is 0.339 e. The fourth-order valence-corrected chi connectivity index (χ4v) is 10.7. The van der Waals surface area contributed by atoms with Crippen molar-refractivity contribution in [2.45, 2.75) is 150 Å². The molecule has 0 aliphatic heterocycles. The zero-order valence-electron chi connectivity index (χ0n) is 25.1. The van der Waals surface area contributed by atoms with Crippen molar-refractivity contribution in [3.8, 4) is 5.75 Å². The Morgan fingerprint density at radius 3 is 1.64 bits per heavy atom. The molecule has 3 fully saturated rings. The van der Waals surface area contributed by atoms with Crippen molar-refractivity contribution in [3.05, 3.63) is 51.6 Å². The Kier molecular flexibility index (Phi) is 8.53. The molecular weight excluding hydrogens is 569 g/mol. The van der Waals surface area contributed by atoms with Gasteiger partial charge in [0.05, 0.1) is 4.90 Å². The van der Waals surface area contributed by atoms with Crippen molar-refractivity contribution >= 4 is 20.2 Å². The molecule has 0 aromatic heterocycles. The molecule has 230 valence electrons. The molecule has 8 heteroatoms. The Balaban J connectivity index is 1.55. The average Bonchev–Trinajstić information content (AvgIpc) is 3.75. The van der Waals surface area contributed by atoms with Crippen LogP contribution in [0.25, 0.3) is 0 Å². The van der Waals surface area contributed by atoms with Crippen molar-refractivity contribution in [3.63, 3.8) is 0 Å². The predicted molar refractivity (Wildman–Crippen MR) is 163 cm³/mol. The summed E-state index contributed by atoms with van der Waals surface area (Å²) in [5.41, 5.74) is 4.68. The molecule has 4 aliphatic rings. The largest absolute Gasteiger partial charge is 0.744 e. The molecule has 0 amide bonds. The second kappa shape index (κ2) is 11.9. The molecule has 0 N–H and O–H groups in total. The number of hydrogen-bond acceptors (Lipinski definition) is 6. The lowest BCUT2D eigenvalue weighted by atomic mass is 9.85. The summed E-state index contributed by atoms with van der Waals surface area (Å²) in [4.78, 5) is 0.160. The van der Waals surface area contributed by atoms with E-state index in [1.54, 1.807) is 0 Å². The molecule has 42 heavy (non-hydrogen) atoms. The van der Waals surface area contributed by atoms with Gasteiger partial charge in [-0.3, -0.25) is 0 Å². The lowest BCUT2D eigenvalue weighted by Crippen LogP contribution is -2.21. The summed E-state index contributed by atoms with van der Waals surface area (Å²) in [6.45, 7) is 3.77. The Hall–Kier alpha value is -1.90. The highest BCUT2D eigenvalue weighted by Gasteiger charge is 2.37. The van der Waals surface area contributed by atoms with Gasteiger partial charge in [0, 0.05) is 11.1 Å². The maximum Gasteiger partial charge on any atom is 0.339 e. The van der Waals surface area contributed by atoms with Gasteiger partial charge in [-0.15, -0.1) is 0 Å². The van der Waals surface area contributed by atoms with Gasteiger partial charge in [-0.25, -0.2) is 8.42 Å². The summed E-state index contributed by atoms with van der Waals surface area (Å²) < 4.78 is 72.7. The van der Waals surface area contributed by atoms with Crippen LogP contribution in [-0.4, -0.2) is 21.4 Å². The van der Waals surface area contributed by atoms with Gasteiger partial charge < -0.3 is 8.74 Å². The van der Waals surface area contributed by atoms with Crippen LogP contribution in [0.5, 0.6) is 5.75 Å². The molecule has 0 heterocycles. The molecular formula is C34H45O6S2-. The zero-order chi connectivity index (χ0) is 29.6. The van der Waals surface area contributed by atoms with Gasteiger partial charge in [-0.1, -0.05) is 64.5 Å². The second-order valence-electron chi connectivity index (χ2n) is 13.6. The van der Waals surface area contributed by atoms with Crippen molar-refractivity contribution in [2.75, 3.05) is 0 Å². The number of fused-ring (bicyclic) bond motifs is 1. The minimum atomic E-state index is -4.72. The van der Waals surface area contributed by atoms with Crippen molar-refractivity contribution in [1.29, 1.82) is 0 Å². The van der Waals surface area contributed by atoms with Crippen LogP contribution in [0, 0.1) is 0 Å². The summed E-state index contributed by atoms with van der Waals surface area (Å²) in [5, 5.41) is 0. The Morgan fingerprint density at radius 1 is 0.690 bits per heavy atom. The van der Waals surface area contributed by atoms with Gasteiger partial charge in [0.25, 0.3) is 0 Å². The molecule has 0 atom stereocenters. The van der Waals surface area contributed by atoms with E-state index in [0.717, 1.165) is 88.2 Å². The van der Waals surface area contributed by atoms with E-state index >= 15 is 0 Å². The molecule has 4 aliphatic carbocycles. The van der Waals surface area contributed by atoms with Crippen LogP contribution < -0.4 is 4.18 Å². The maximum atomic E-state index is 14.7. The fourth-order valence-electron chi connectivity index (χ4n) is 8.36. The molecule has 0 saturated heterocycles. The van der Waals surface area contributed by atoms with Crippen LogP contribution in [0.15, 0.2) is 28.0 Å². The van der Waals surface area contributed by atoms with Crippen LogP contribution in [-0.2, 0) is 33.1 Å². The van der Waals surface area contributed by atoms with Crippen molar-refractivity contribution in [2.24, 2.45) is 0 Å². The van der Waals surface area contributed by atoms with Crippen LogP contribution in [0.1, 0.15) is 161 Å². The monoisotopic (exact) mass is 613 g/mol. The molecule has 0 bridgehead atoms. The Bertz CT molecular complexity index is 1500. The fraction of sp³-hybridized carbons (Fsp3) is 0.647. The first-order chi connectivity index (χ1) is 20.0. The highest BCUT2D eigenvalue weighted by molar-refractivity contribution is 7.87. The van der Waals surface area contributed by atoms with E-state index in [1.807, 2.05) is 13.8 Å². The topological polar surface area (TPSA) is 101 Å². The number of hydrogen-bond donors (Lipinski definition) is 0. The summed E-state index contributed by atoms with van der Waals surface area (Å²) in [5.74, 6) is 0.916. The summed E-state index contributed by atoms with van der Waals surface area (Å²) >= 11 is 0. The van der Waals surface area contributed by atoms with Crippen LogP contribution >= 0.6 is 0 Å².